The molecule has 2 aliphatic rings. The van der Waals surface area contributed by atoms with Crippen molar-refractivity contribution in [3.05, 3.63) is 0 Å². The van der Waals surface area contributed by atoms with Crippen LogP contribution in [0, 0.1) is 5.41 Å². The third kappa shape index (κ3) is 2.08. The van der Waals surface area contributed by atoms with Gasteiger partial charge in [0.25, 0.3) is 0 Å². The molecule has 0 aliphatic carbocycles. The second-order valence-electron chi connectivity index (χ2n) is 4.10. The molecule has 2 unspecified atom stereocenters. The van der Waals surface area contributed by atoms with Crippen LogP contribution in [-0.2, 0) is 14.8 Å². The van der Waals surface area contributed by atoms with Crippen LogP contribution >= 0.6 is 11.8 Å². The Balaban J connectivity index is 2.11. The Morgan fingerprint density at radius 3 is 2.86 bits per heavy atom. The van der Waals surface area contributed by atoms with Crippen LogP contribution in [0.15, 0.2) is 0 Å². The molecule has 2 fully saturated rings. The minimum absolute atomic E-state index is 0.0203. The lowest BCUT2D eigenvalue weighted by Crippen LogP contribution is -2.38. The van der Waals surface area contributed by atoms with Crippen molar-refractivity contribution in [3.8, 4) is 0 Å². The van der Waals surface area contributed by atoms with E-state index in [1.54, 1.807) is 0 Å². The summed E-state index contributed by atoms with van der Waals surface area (Å²) in [7, 11) is -3.41. The molecule has 2 rings (SSSR count). The maximum Gasteiger partial charge on any atom is 0.211 e. The lowest BCUT2D eigenvalue weighted by molar-refractivity contribution is 0.0776. The molecule has 0 saturated carbocycles. The lowest BCUT2D eigenvalue weighted by Gasteiger charge is -2.27. The van der Waals surface area contributed by atoms with Gasteiger partial charge in [-0.25, -0.2) is 13.6 Å². The predicted octanol–water partition coefficient (Wildman–Crippen LogP) is 0.187. The van der Waals surface area contributed by atoms with E-state index in [0.717, 1.165) is 24.3 Å². The van der Waals surface area contributed by atoms with Crippen LogP contribution in [0.25, 0.3) is 0 Å². The summed E-state index contributed by atoms with van der Waals surface area (Å²) in [6.45, 7) is 0.681. The second kappa shape index (κ2) is 3.66. The van der Waals surface area contributed by atoms with Gasteiger partial charge < -0.3 is 4.74 Å². The number of sulfonamides is 1. The molecule has 82 valence electrons. The van der Waals surface area contributed by atoms with Crippen LogP contribution in [0.3, 0.4) is 0 Å². The molecule has 0 bridgehead atoms. The van der Waals surface area contributed by atoms with E-state index in [0.29, 0.717) is 6.61 Å². The van der Waals surface area contributed by atoms with E-state index in [-0.39, 0.29) is 17.3 Å². The van der Waals surface area contributed by atoms with Crippen molar-refractivity contribution in [2.45, 2.75) is 18.9 Å². The molecule has 0 radical (unpaired) electrons. The van der Waals surface area contributed by atoms with E-state index in [9.17, 15) is 8.42 Å². The molecular formula is C8H15NO3S2. The molecule has 0 aromatic carbocycles. The van der Waals surface area contributed by atoms with Crippen molar-refractivity contribution in [3.63, 3.8) is 0 Å². The summed E-state index contributed by atoms with van der Waals surface area (Å²) in [5.74, 6) is 2.12. The average Bonchev–Trinajstić information content (AvgIpc) is 2.62. The summed E-state index contributed by atoms with van der Waals surface area (Å²) >= 11 is 1.88. The molecule has 0 aromatic heterocycles. The van der Waals surface area contributed by atoms with Gasteiger partial charge in [0.1, 0.15) is 0 Å². The first-order valence-corrected chi connectivity index (χ1v) is 7.59. The number of nitrogens with two attached hydrogens (primary N) is 1. The van der Waals surface area contributed by atoms with E-state index in [2.05, 4.69) is 0 Å². The fourth-order valence-electron chi connectivity index (χ4n) is 2.25. The summed E-state index contributed by atoms with van der Waals surface area (Å²) in [6, 6.07) is 0. The highest BCUT2D eigenvalue weighted by Gasteiger charge is 2.47. The number of rotatable bonds is 2. The molecule has 2 atom stereocenters. The summed E-state index contributed by atoms with van der Waals surface area (Å²) in [5.41, 5.74) is 0.0944. The zero-order chi connectivity index (χ0) is 10.2. The summed E-state index contributed by atoms with van der Waals surface area (Å²) in [5, 5.41) is 5.05. The standard InChI is InChI=1S/C8H15NO3S2/c9-14(10,11)5-7-8(1-3-12-7)2-4-13-6-8/h7H,1-6H2,(H2,9,10,11). The van der Waals surface area contributed by atoms with Gasteiger partial charge in [-0.2, -0.15) is 11.8 Å². The molecule has 6 heteroatoms. The largest absolute Gasteiger partial charge is 0.376 e. The number of hydrogen-bond donors (Lipinski definition) is 1. The Morgan fingerprint density at radius 2 is 2.29 bits per heavy atom. The molecule has 2 N–H and O–H groups in total. The number of thioether (sulfide) groups is 1. The lowest BCUT2D eigenvalue weighted by atomic mass is 9.81. The molecule has 1 spiro atoms. The topological polar surface area (TPSA) is 69.4 Å². The summed E-state index contributed by atoms with van der Waals surface area (Å²) in [4.78, 5) is 0. The van der Waals surface area contributed by atoms with Crippen LogP contribution in [0.4, 0.5) is 0 Å². The first-order chi connectivity index (χ1) is 6.52. The number of hydrogen-bond acceptors (Lipinski definition) is 4. The van der Waals surface area contributed by atoms with E-state index in [4.69, 9.17) is 9.88 Å². The minimum atomic E-state index is -3.41. The fourth-order valence-corrected chi connectivity index (χ4v) is 4.70. The monoisotopic (exact) mass is 237 g/mol. The smallest absolute Gasteiger partial charge is 0.211 e. The van der Waals surface area contributed by atoms with Crippen molar-refractivity contribution in [2.24, 2.45) is 10.6 Å². The van der Waals surface area contributed by atoms with E-state index < -0.39 is 10.0 Å². The van der Waals surface area contributed by atoms with Gasteiger partial charge in [0.2, 0.25) is 10.0 Å². The van der Waals surface area contributed by atoms with Gasteiger partial charge in [-0.3, -0.25) is 0 Å². The second-order valence-corrected chi connectivity index (χ2v) is 6.87. The fraction of sp³-hybridized carbons (Fsp3) is 1.00. The van der Waals surface area contributed by atoms with Crippen LogP contribution < -0.4 is 5.14 Å². The molecule has 14 heavy (non-hydrogen) atoms. The molecule has 0 aromatic rings. The van der Waals surface area contributed by atoms with Gasteiger partial charge in [0.05, 0.1) is 11.9 Å². The Hall–Kier alpha value is 0.220. The molecule has 4 nitrogen and oxygen atoms in total. The van der Waals surface area contributed by atoms with Crippen LogP contribution in [0.5, 0.6) is 0 Å². The van der Waals surface area contributed by atoms with Crippen molar-refractivity contribution >= 4 is 21.8 Å². The van der Waals surface area contributed by atoms with Crippen LogP contribution in [0.2, 0.25) is 0 Å². The highest BCUT2D eigenvalue weighted by molar-refractivity contribution is 7.99. The normalized spacial score (nSPS) is 38.2. The summed E-state index contributed by atoms with van der Waals surface area (Å²) in [6.07, 6.45) is 1.88. The maximum absolute atomic E-state index is 11.0. The van der Waals surface area contributed by atoms with Gasteiger partial charge in [-0.05, 0) is 18.6 Å². The Morgan fingerprint density at radius 1 is 1.50 bits per heavy atom. The third-order valence-corrected chi connectivity index (χ3v) is 5.16. The maximum atomic E-state index is 11.0. The van der Waals surface area contributed by atoms with Crippen molar-refractivity contribution in [1.29, 1.82) is 0 Å². The molecule has 2 heterocycles. The van der Waals surface area contributed by atoms with E-state index >= 15 is 0 Å². The Labute approximate surface area is 88.6 Å². The van der Waals surface area contributed by atoms with Crippen molar-refractivity contribution < 1.29 is 13.2 Å². The first-order valence-electron chi connectivity index (χ1n) is 4.72. The molecule has 0 amide bonds. The van der Waals surface area contributed by atoms with E-state index in [1.807, 2.05) is 11.8 Å². The minimum Gasteiger partial charge on any atom is -0.376 e. The van der Waals surface area contributed by atoms with E-state index in [1.165, 1.54) is 0 Å². The number of primary sulfonamides is 1. The predicted molar refractivity (Wildman–Crippen MR) is 56.7 cm³/mol. The highest BCUT2D eigenvalue weighted by Crippen LogP contribution is 2.46. The summed E-state index contributed by atoms with van der Waals surface area (Å²) < 4.78 is 27.5. The first kappa shape index (κ1) is 10.7. The zero-order valence-corrected chi connectivity index (χ0v) is 9.57. The van der Waals surface area contributed by atoms with Crippen LogP contribution in [-0.4, -0.2) is 38.4 Å². The van der Waals surface area contributed by atoms with Crippen molar-refractivity contribution in [1.82, 2.24) is 0 Å². The third-order valence-electron chi connectivity index (χ3n) is 3.12. The number of ether oxygens (including phenoxy) is 1. The molecule has 2 saturated heterocycles. The molecule has 2 aliphatic heterocycles. The zero-order valence-electron chi connectivity index (χ0n) is 7.94. The van der Waals surface area contributed by atoms with Gasteiger partial charge in [0.15, 0.2) is 0 Å². The Kier molecular flexibility index (Phi) is 2.81. The Bertz CT molecular complexity index is 303. The van der Waals surface area contributed by atoms with Gasteiger partial charge >= 0.3 is 0 Å². The van der Waals surface area contributed by atoms with Gasteiger partial charge in [0, 0.05) is 17.8 Å². The molecular weight excluding hydrogens is 222 g/mol. The SMILES string of the molecule is NS(=O)(=O)CC1OCCC12CCSC2. The highest BCUT2D eigenvalue weighted by atomic mass is 32.2. The quantitative estimate of drug-likeness (QED) is 0.744. The van der Waals surface area contributed by atoms with Crippen LogP contribution in [0.1, 0.15) is 12.8 Å². The van der Waals surface area contributed by atoms with Crippen molar-refractivity contribution in [2.75, 3.05) is 23.9 Å². The van der Waals surface area contributed by atoms with Gasteiger partial charge in [-0.15, -0.1) is 0 Å². The average molecular weight is 237 g/mol. The van der Waals surface area contributed by atoms with Gasteiger partial charge in [-0.1, -0.05) is 0 Å².